The maximum absolute atomic E-state index is 9.20. The Hall–Kier alpha value is -1.87. The van der Waals surface area contributed by atoms with Crippen LogP contribution in [-0.4, -0.2) is 15.0 Å². The van der Waals surface area contributed by atoms with Crippen LogP contribution in [-0.2, 0) is 0 Å². The first kappa shape index (κ1) is 13.6. The molecule has 2 aromatic heterocycles. The van der Waals surface area contributed by atoms with Crippen LogP contribution in [0.5, 0.6) is 0 Å². The summed E-state index contributed by atoms with van der Waals surface area (Å²) in [5, 5.41) is 9.87. The molecule has 0 amide bonds. The van der Waals surface area contributed by atoms with Gasteiger partial charge in [0, 0.05) is 0 Å². The van der Waals surface area contributed by atoms with E-state index < -0.39 is 0 Å². The van der Waals surface area contributed by atoms with E-state index in [-0.39, 0.29) is 5.25 Å². The van der Waals surface area contributed by atoms with Gasteiger partial charge in [-0.1, -0.05) is 11.8 Å². The number of aromatic nitrogens is 3. The largest absolute Gasteiger partial charge is 0.445 e. The number of aryl methyl sites for hydroxylation is 3. The highest BCUT2D eigenvalue weighted by Gasteiger charge is 2.18. The average molecular weight is 274 g/mol. The number of hydrogen-bond donors (Lipinski definition) is 0. The highest BCUT2D eigenvalue weighted by atomic mass is 32.2. The topological polar surface area (TPSA) is 75.6 Å². The monoisotopic (exact) mass is 274 g/mol. The molecule has 5 nitrogen and oxygen atoms in total. The van der Waals surface area contributed by atoms with Crippen molar-refractivity contribution in [3.05, 3.63) is 34.9 Å². The van der Waals surface area contributed by atoms with Crippen molar-refractivity contribution in [3.63, 3.8) is 0 Å². The molecule has 0 aliphatic rings. The van der Waals surface area contributed by atoms with Crippen LogP contribution in [0.3, 0.4) is 0 Å². The normalized spacial score (nSPS) is 12.2. The van der Waals surface area contributed by atoms with Crippen LogP contribution in [0.4, 0.5) is 0 Å². The van der Waals surface area contributed by atoms with Gasteiger partial charge in [-0.05, 0) is 27.7 Å². The predicted molar refractivity (Wildman–Crippen MR) is 71.7 cm³/mol. The number of rotatable bonds is 3. The van der Waals surface area contributed by atoms with Gasteiger partial charge in [0.2, 0.25) is 5.89 Å². The summed E-state index contributed by atoms with van der Waals surface area (Å²) in [6.07, 6.45) is 1.69. The van der Waals surface area contributed by atoms with Crippen LogP contribution in [0.1, 0.15) is 40.9 Å². The lowest BCUT2D eigenvalue weighted by molar-refractivity contribution is 0.474. The maximum atomic E-state index is 9.20. The summed E-state index contributed by atoms with van der Waals surface area (Å²) in [5.41, 5.74) is 1.22. The van der Waals surface area contributed by atoms with E-state index >= 15 is 0 Å². The minimum atomic E-state index is -0.00509. The van der Waals surface area contributed by atoms with Crippen LogP contribution >= 0.6 is 11.8 Å². The maximum Gasteiger partial charge on any atom is 0.207 e. The lowest BCUT2D eigenvalue weighted by Gasteiger charge is -2.09. The van der Waals surface area contributed by atoms with Gasteiger partial charge in [-0.25, -0.2) is 15.0 Å². The summed E-state index contributed by atoms with van der Waals surface area (Å²) in [4.78, 5) is 12.7. The molecule has 0 fully saturated rings. The Kier molecular flexibility index (Phi) is 3.86. The minimum Gasteiger partial charge on any atom is -0.445 e. The summed E-state index contributed by atoms with van der Waals surface area (Å²) in [7, 11) is 0. The Morgan fingerprint density at radius 3 is 2.63 bits per heavy atom. The fraction of sp³-hybridized carbons (Fsp3) is 0.385. The molecule has 2 rings (SSSR count). The van der Waals surface area contributed by atoms with Gasteiger partial charge in [0.05, 0.1) is 17.1 Å². The molecule has 0 aliphatic carbocycles. The van der Waals surface area contributed by atoms with Gasteiger partial charge in [-0.15, -0.1) is 0 Å². The lowest BCUT2D eigenvalue weighted by atomic mass is 10.3. The Bertz CT molecular complexity index is 645. The van der Waals surface area contributed by atoms with Crippen molar-refractivity contribution >= 4 is 11.8 Å². The van der Waals surface area contributed by atoms with Crippen molar-refractivity contribution in [1.82, 2.24) is 15.0 Å². The van der Waals surface area contributed by atoms with Gasteiger partial charge >= 0.3 is 0 Å². The second-order valence-corrected chi connectivity index (χ2v) is 5.55. The van der Waals surface area contributed by atoms with E-state index in [1.807, 2.05) is 27.7 Å². The zero-order chi connectivity index (χ0) is 14.0. The molecule has 0 radical (unpaired) electrons. The summed E-state index contributed by atoms with van der Waals surface area (Å²) < 4.78 is 5.49. The number of hydrogen-bond acceptors (Lipinski definition) is 6. The first-order chi connectivity index (χ1) is 9.01. The highest BCUT2D eigenvalue weighted by molar-refractivity contribution is 7.99. The summed E-state index contributed by atoms with van der Waals surface area (Å²) >= 11 is 1.46. The first-order valence-corrected chi connectivity index (χ1v) is 6.73. The van der Waals surface area contributed by atoms with Crippen LogP contribution < -0.4 is 0 Å². The van der Waals surface area contributed by atoms with Gasteiger partial charge in [0.25, 0.3) is 0 Å². The summed E-state index contributed by atoms with van der Waals surface area (Å²) in [6, 6.07) is 2.16. The summed E-state index contributed by atoms with van der Waals surface area (Å²) in [6.45, 7) is 7.47. The van der Waals surface area contributed by atoms with Crippen molar-refractivity contribution < 1.29 is 4.42 Å². The van der Waals surface area contributed by atoms with Crippen LogP contribution in [0.15, 0.2) is 15.6 Å². The second-order valence-electron chi connectivity index (χ2n) is 4.22. The minimum absolute atomic E-state index is 0.00509. The Morgan fingerprint density at radius 1 is 1.32 bits per heavy atom. The Balaban J connectivity index is 2.31. The van der Waals surface area contributed by atoms with E-state index in [9.17, 15) is 5.26 Å². The smallest absolute Gasteiger partial charge is 0.207 e. The average Bonchev–Trinajstić information content (AvgIpc) is 2.75. The molecule has 0 saturated carbocycles. The van der Waals surface area contributed by atoms with E-state index in [1.165, 1.54) is 11.8 Å². The lowest BCUT2D eigenvalue weighted by Crippen LogP contribution is -2.00. The summed E-state index contributed by atoms with van der Waals surface area (Å²) in [5.74, 6) is 2.08. The molecule has 2 aromatic rings. The quantitative estimate of drug-likeness (QED) is 0.632. The molecule has 0 aromatic carbocycles. The van der Waals surface area contributed by atoms with Crippen molar-refractivity contribution in [2.24, 2.45) is 0 Å². The Morgan fingerprint density at radius 2 is 2.05 bits per heavy atom. The fourth-order valence-corrected chi connectivity index (χ4v) is 2.71. The molecular formula is C13H14N4OS. The molecular weight excluding hydrogens is 260 g/mol. The first-order valence-electron chi connectivity index (χ1n) is 5.85. The second kappa shape index (κ2) is 5.41. The molecule has 19 heavy (non-hydrogen) atoms. The van der Waals surface area contributed by atoms with E-state index in [2.05, 4.69) is 21.0 Å². The number of nitrogens with zero attached hydrogens (tertiary/aromatic N) is 4. The molecule has 0 spiro atoms. The van der Waals surface area contributed by atoms with Gasteiger partial charge in [-0.3, -0.25) is 0 Å². The van der Waals surface area contributed by atoms with Gasteiger partial charge in [-0.2, -0.15) is 5.26 Å². The fourth-order valence-electron chi connectivity index (χ4n) is 1.67. The zero-order valence-corrected chi connectivity index (χ0v) is 12.1. The van der Waals surface area contributed by atoms with E-state index in [0.29, 0.717) is 28.0 Å². The molecule has 1 atom stereocenters. The molecule has 6 heteroatoms. The predicted octanol–water partition coefficient (Wildman–Crippen LogP) is 3.11. The van der Waals surface area contributed by atoms with Crippen molar-refractivity contribution in [2.75, 3.05) is 0 Å². The molecule has 98 valence electrons. The molecule has 0 saturated heterocycles. The standard InChI is InChI=1S/C13H14N4OS/c1-7-6-15-12(18-7)9(3)19-13-11(5-14)8(2)16-10(4)17-13/h6,9H,1-4H3/t9-/m1/s1. The van der Waals surface area contributed by atoms with E-state index in [0.717, 1.165) is 5.76 Å². The highest BCUT2D eigenvalue weighted by Crippen LogP contribution is 2.35. The van der Waals surface area contributed by atoms with Crippen molar-refractivity contribution in [1.29, 1.82) is 5.26 Å². The van der Waals surface area contributed by atoms with Gasteiger partial charge in [0.1, 0.15) is 28.2 Å². The SMILES string of the molecule is Cc1nc(C)c(C#N)c(S[C@H](C)c2ncc(C)o2)n1. The molecule has 0 N–H and O–H groups in total. The van der Waals surface area contributed by atoms with Crippen LogP contribution in [0.25, 0.3) is 0 Å². The van der Waals surface area contributed by atoms with Crippen LogP contribution in [0.2, 0.25) is 0 Å². The molecule has 0 aliphatic heterocycles. The molecule has 0 bridgehead atoms. The third-order valence-corrected chi connectivity index (χ3v) is 3.63. The van der Waals surface area contributed by atoms with Gasteiger partial charge < -0.3 is 4.42 Å². The number of thioether (sulfide) groups is 1. The van der Waals surface area contributed by atoms with E-state index in [4.69, 9.17) is 4.42 Å². The van der Waals surface area contributed by atoms with Crippen LogP contribution in [0, 0.1) is 32.1 Å². The van der Waals surface area contributed by atoms with Gasteiger partial charge in [0.15, 0.2) is 0 Å². The number of oxazole rings is 1. The zero-order valence-electron chi connectivity index (χ0n) is 11.3. The molecule has 0 unspecified atom stereocenters. The van der Waals surface area contributed by atoms with Crippen molar-refractivity contribution in [3.8, 4) is 6.07 Å². The van der Waals surface area contributed by atoms with Crippen molar-refractivity contribution in [2.45, 2.75) is 38.0 Å². The third-order valence-electron chi connectivity index (χ3n) is 2.56. The molecule has 2 heterocycles. The third kappa shape index (κ3) is 2.93. The Labute approximate surface area is 116 Å². The van der Waals surface area contributed by atoms with E-state index in [1.54, 1.807) is 6.20 Å². The number of nitriles is 1.